The zero-order valence-corrected chi connectivity index (χ0v) is 26.6. The average molecular weight is 599 g/mol. The largest absolute Gasteiger partial charge is 0.377 e. The van der Waals surface area contributed by atoms with Crippen LogP contribution in [0.2, 0.25) is 0 Å². The number of non-ortho nitro benzene ring substituents is 1. The molecule has 0 aliphatic heterocycles. The number of nitrogens with zero attached hydrogens (tertiary/aromatic N) is 2. The molecule has 0 aliphatic carbocycles. The monoisotopic (exact) mass is 598 g/mol. The van der Waals surface area contributed by atoms with Gasteiger partial charge in [0.2, 0.25) is 0 Å². The van der Waals surface area contributed by atoms with Gasteiger partial charge in [-0.2, -0.15) is 0 Å². The molecule has 6 nitrogen and oxygen atoms in total. The number of nitro benzene ring substituents is 1. The Morgan fingerprint density at radius 3 is 1.47 bits per heavy atom. The van der Waals surface area contributed by atoms with E-state index in [1.165, 1.54) is 16.8 Å². The Morgan fingerprint density at radius 1 is 0.622 bits per heavy atom. The molecule has 1 heterocycles. The number of benzene rings is 4. The first-order valence-corrected chi connectivity index (χ1v) is 15.8. The van der Waals surface area contributed by atoms with Crippen molar-refractivity contribution in [2.24, 2.45) is 0 Å². The fraction of sp³-hybridized carbons (Fsp3) is 0.256. The molecule has 0 saturated heterocycles. The van der Waals surface area contributed by atoms with Gasteiger partial charge in [0.25, 0.3) is 5.69 Å². The molecule has 45 heavy (non-hydrogen) atoms. The fourth-order valence-corrected chi connectivity index (χ4v) is 5.91. The second-order valence-corrected chi connectivity index (χ2v) is 11.6. The van der Waals surface area contributed by atoms with Crippen LogP contribution in [0.15, 0.2) is 109 Å². The first-order valence-electron chi connectivity index (χ1n) is 15.8. The van der Waals surface area contributed by atoms with Crippen LogP contribution in [0.1, 0.15) is 84.5 Å². The summed E-state index contributed by atoms with van der Waals surface area (Å²) in [6.07, 6.45) is 3.07. The average Bonchev–Trinajstić information content (AvgIpc) is 3.07. The standard InChI is InChI=1S/C39H42N4O2/c1-5-31-19-13-20-32(6-2)38(31)40-27(3)36-21-14-22-37(42-36)28(4)41-39-33(23-29-15-9-7-10-16-29)25-35(43(44)45)26-34(39)24-30-17-11-8-12-18-30/h7-22,25-28,40-41H,5-6,23-24H2,1-4H3. The molecule has 2 unspecified atom stereocenters. The number of para-hydroxylation sites is 1. The molecular formula is C39H42N4O2. The minimum absolute atomic E-state index is 0.0109. The zero-order chi connectivity index (χ0) is 31.8. The van der Waals surface area contributed by atoms with Crippen LogP contribution in [0.25, 0.3) is 0 Å². The van der Waals surface area contributed by atoms with Crippen molar-refractivity contribution in [3.8, 4) is 0 Å². The van der Waals surface area contributed by atoms with Crippen LogP contribution in [0.5, 0.6) is 0 Å². The molecule has 6 heteroatoms. The number of hydrogen-bond acceptors (Lipinski definition) is 5. The van der Waals surface area contributed by atoms with Crippen molar-refractivity contribution in [1.82, 2.24) is 4.98 Å². The minimum atomic E-state index is -0.295. The van der Waals surface area contributed by atoms with E-state index in [1.807, 2.05) is 42.5 Å². The molecule has 0 aliphatic rings. The number of aryl methyl sites for hydroxylation is 2. The van der Waals surface area contributed by atoms with Gasteiger partial charge < -0.3 is 10.6 Å². The third-order valence-corrected chi connectivity index (χ3v) is 8.37. The van der Waals surface area contributed by atoms with Crippen molar-refractivity contribution in [3.63, 3.8) is 0 Å². The molecule has 0 amide bonds. The van der Waals surface area contributed by atoms with E-state index in [0.29, 0.717) is 12.8 Å². The third kappa shape index (κ3) is 7.76. The molecule has 230 valence electrons. The maximum Gasteiger partial charge on any atom is 0.270 e. The minimum Gasteiger partial charge on any atom is -0.377 e. The maximum atomic E-state index is 12.0. The number of rotatable bonds is 13. The van der Waals surface area contributed by atoms with Crippen molar-refractivity contribution < 1.29 is 4.92 Å². The van der Waals surface area contributed by atoms with Crippen LogP contribution in [0.4, 0.5) is 17.1 Å². The summed E-state index contributed by atoms with van der Waals surface area (Å²) in [6, 6.07) is 36.2. The topological polar surface area (TPSA) is 80.1 Å². The van der Waals surface area contributed by atoms with Gasteiger partial charge in [-0.3, -0.25) is 15.1 Å². The predicted octanol–water partition coefficient (Wildman–Crippen LogP) is 9.64. The van der Waals surface area contributed by atoms with Crippen molar-refractivity contribution >= 4 is 17.1 Å². The lowest BCUT2D eigenvalue weighted by Gasteiger charge is -2.24. The summed E-state index contributed by atoms with van der Waals surface area (Å²) in [5, 5.41) is 19.6. The Bertz CT molecular complexity index is 1650. The molecule has 5 aromatic rings. The van der Waals surface area contributed by atoms with Crippen LogP contribution in [-0.2, 0) is 25.7 Å². The molecule has 0 radical (unpaired) electrons. The van der Waals surface area contributed by atoms with Gasteiger partial charge in [0.05, 0.1) is 28.4 Å². The van der Waals surface area contributed by atoms with Gasteiger partial charge >= 0.3 is 0 Å². The predicted molar refractivity (Wildman–Crippen MR) is 185 cm³/mol. The highest BCUT2D eigenvalue weighted by Gasteiger charge is 2.21. The lowest BCUT2D eigenvalue weighted by Crippen LogP contribution is -2.16. The van der Waals surface area contributed by atoms with Crippen LogP contribution in [0.3, 0.4) is 0 Å². The van der Waals surface area contributed by atoms with Crippen LogP contribution in [-0.4, -0.2) is 9.91 Å². The Kier molecular flexibility index (Phi) is 10.3. The summed E-state index contributed by atoms with van der Waals surface area (Å²) >= 11 is 0. The first-order chi connectivity index (χ1) is 21.9. The molecule has 2 N–H and O–H groups in total. The number of aromatic nitrogens is 1. The van der Waals surface area contributed by atoms with Crippen LogP contribution < -0.4 is 10.6 Å². The van der Waals surface area contributed by atoms with E-state index in [0.717, 1.165) is 52.2 Å². The van der Waals surface area contributed by atoms with E-state index in [2.05, 4.69) is 92.9 Å². The van der Waals surface area contributed by atoms with Gasteiger partial charge in [0, 0.05) is 23.5 Å². The number of hydrogen-bond donors (Lipinski definition) is 2. The van der Waals surface area contributed by atoms with Gasteiger partial charge in [-0.25, -0.2) is 0 Å². The Morgan fingerprint density at radius 2 is 1.04 bits per heavy atom. The number of anilines is 2. The number of nitrogens with one attached hydrogen (secondary N) is 2. The second-order valence-electron chi connectivity index (χ2n) is 11.6. The molecule has 0 saturated carbocycles. The summed E-state index contributed by atoms with van der Waals surface area (Å²) in [5.41, 5.74) is 10.7. The van der Waals surface area contributed by atoms with E-state index in [1.54, 1.807) is 12.1 Å². The zero-order valence-electron chi connectivity index (χ0n) is 26.6. The fourth-order valence-electron chi connectivity index (χ4n) is 5.91. The number of pyridine rings is 1. The molecule has 1 aromatic heterocycles. The summed E-state index contributed by atoms with van der Waals surface area (Å²) in [7, 11) is 0. The second kappa shape index (κ2) is 14.7. The van der Waals surface area contributed by atoms with Gasteiger partial charge in [0.15, 0.2) is 0 Å². The lowest BCUT2D eigenvalue weighted by molar-refractivity contribution is -0.385. The summed E-state index contributed by atoms with van der Waals surface area (Å²) < 4.78 is 0. The van der Waals surface area contributed by atoms with E-state index < -0.39 is 0 Å². The van der Waals surface area contributed by atoms with Gasteiger partial charge in [-0.05, 0) is 85.0 Å². The van der Waals surface area contributed by atoms with E-state index in [9.17, 15) is 10.1 Å². The molecule has 4 aromatic carbocycles. The van der Waals surface area contributed by atoms with E-state index >= 15 is 0 Å². The summed E-state index contributed by atoms with van der Waals surface area (Å²) in [5.74, 6) is 0. The number of nitro groups is 1. The Hall–Kier alpha value is -4.97. The molecule has 5 rings (SSSR count). The van der Waals surface area contributed by atoms with E-state index in [4.69, 9.17) is 4.98 Å². The molecule has 0 fully saturated rings. The van der Waals surface area contributed by atoms with E-state index in [-0.39, 0.29) is 22.7 Å². The smallest absolute Gasteiger partial charge is 0.270 e. The van der Waals surface area contributed by atoms with Gasteiger partial charge in [-0.1, -0.05) is 98.8 Å². The Labute approximate surface area is 266 Å². The van der Waals surface area contributed by atoms with Crippen LogP contribution >= 0.6 is 0 Å². The summed E-state index contributed by atoms with van der Waals surface area (Å²) in [6.45, 7) is 8.63. The molecule has 2 atom stereocenters. The molecule has 0 spiro atoms. The van der Waals surface area contributed by atoms with Crippen molar-refractivity contribution in [2.75, 3.05) is 10.6 Å². The van der Waals surface area contributed by atoms with Crippen molar-refractivity contribution in [3.05, 3.63) is 164 Å². The lowest BCUT2D eigenvalue weighted by atomic mass is 9.94. The highest BCUT2D eigenvalue weighted by molar-refractivity contribution is 5.65. The highest BCUT2D eigenvalue weighted by Crippen LogP contribution is 2.34. The van der Waals surface area contributed by atoms with Crippen molar-refractivity contribution in [1.29, 1.82) is 0 Å². The van der Waals surface area contributed by atoms with Crippen LogP contribution in [0, 0.1) is 10.1 Å². The molecular weight excluding hydrogens is 556 g/mol. The highest BCUT2D eigenvalue weighted by atomic mass is 16.6. The normalized spacial score (nSPS) is 12.4. The van der Waals surface area contributed by atoms with Gasteiger partial charge in [0.1, 0.15) is 0 Å². The Balaban J connectivity index is 1.49. The van der Waals surface area contributed by atoms with Gasteiger partial charge in [-0.15, -0.1) is 0 Å². The molecule has 0 bridgehead atoms. The quantitative estimate of drug-likeness (QED) is 0.104. The maximum absolute atomic E-state index is 12.0. The third-order valence-electron chi connectivity index (χ3n) is 8.37. The SMILES string of the molecule is CCc1cccc(CC)c1NC(C)c1cccc(C(C)Nc2c(Cc3ccccc3)cc([N+](=O)[O-])cc2Cc2ccccc2)n1. The van der Waals surface area contributed by atoms with Crippen molar-refractivity contribution in [2.45, 2.75) is 65.5 Å². The first kappa shape index (κ1) is 31.5. The summed E-state index contributed by atoms with van der Waals surface area (Å²) in [4.78, 5) is 16.9.